The van der Waals surface area contributed by atoms with E-state index in [1.807, 2.05) is 7.05 Å². The van der Waals surface area contributed by atoms with Gasteiger partial charge in [0.2, 0.25) is 0 Å². The van der Waals surface area contributed by atoms with Gasteiger partial charge in [0.15, 0.2) is 0 Å². The van der Waals surface area contributed by atoms with Crippen molar-refractivity contribution in [1.29, 1.82) is 0 Å². The van der Waals surface area contributed by atoms with Crippen LogP contribution in [0.15, 0.2) is 6.20 Å². The van der Waals surface area contributed by atoms with Gasteiger partial charge < -0.3 is 5.32 Å². The first-order valence-corrected chi connectivity index (χ1v) is 6.84. The van der Waals surface area contributed by atoms with Gasteiger partial charge in [-0.05, 0) is 39.7 Å². The summed E-state index contributed by atoms with van der Waals surface area (Å²) < 4.78 is 2.08. The molecule has 1 aromatic rings. The van der Waals surface area contributed by atoms with E-state index in [9.17, 15) is 0 Å². The summed E-state index contributed by atoms with van der Waals surface area (Å²) in [4.78, 5) is 0. The number of aromatic nitrogens is 2. The van der Waals surface area contributed by atoms with Crippen LogP contribution in [0.3, 0.4) is 0 Å². The Kier molecular flexibility index (Phi) is 3.79. The number of hydrogen-bond donors (Lipinski definition) is 1. The third kappa shape index (κ3) is 2.23. The molecule has 4 heteroatoms. The van der Waals surface area contributed by atoms with Crippen LogP contribution in [-0.2, 0) is 0 Å². The molecular formula is C13H22ClN3. The Morgan fingerprint density at radius 3 is 2.71 bits per heavy atom. The van der Waals surface area contributed by atoms with Crippen molar-refractivity contribution < 1.29 is 0 Å². The zero-order valence-corrected chi connectivity index (χ0v) is 11.8. The highest BCUT2D eigenvalue weighted by atomic mass is 35.5. The van der Waals surface area contributed by atoms with Gasteiger partial charge in [-0.25, -0.2) is 0 Å². The van der Waals surface area contributed by atoms with Crippen LogP contribution in [0, 0.1) is 5.92 Å². The van der Waals surface area contributed by atoms with Gasteiger partial charge in [-0.2, -0.15) is 5.10 Å². The van der Waals surface area contributed by atoms with Crippen molar-refractivity contribution in [2.45, 2.75) is 51.6 Å². The molecule has 3 nitrogen and oxygen atoms in total. The van der Waals surface area contributed by atoms with E-state index in [4.69, 9.17) is 11.6 Å². The maximum atomic E-state index is 6.32. The Labute approximate surface area is 109 Å². The highest BCUT2D eigenvalue weighted by Crippen LogP contribution is 2.42. The van der Waals surface area contributed by atoms with E-state index in [0.717, 1.165) is 5.02 Å². The van der Waals surface area contributed by atoms with E-state index in [0.29, 0.717) is 23.9 Å². The van der Waals surface area contributed by atoms with E-state index >= 15 is 0 Å². The minimum absolute atomic E-state index is 0.373. The molecule has 1 heterocycles. The summed E-state index contributed by atoms with van der Waals surface area (Å²) in [6, 6.07) is 0.977. The molecule has 1 aromatic heterocycles. The molecule has 1 N–H and O–H groups in total. The molecule has 0 amide bonds. The molecule has 0 aromatic carbocycles. The largest absolute Gasteiger partial charge is 0.317 e. The lowest BCUT2D eigenvalue weighted by atomic mass is 9.92. The molecule has 2 rings (SSSR count). The number of halogens is 1. The van der Waals surface area contributed by atoms with Crippen molar-refractivity contribution in [2.75, 3.05) is 7.05 Å². The van der Waals surface area contributed by atoms with Crippen LogP contribution in [0.4, 0.5) is 0 Å². The molecule has 0 bridgehead atoms. The first-order chi connectivity index (χ1) is 8.06. The summed E-state index contributed by atoms with van der Waals surface area (Å²) >= 11 is 6.32. The van der Waals surface area contributed by atoms with Gasteiger partial charge in [-0.1, -0.05) is 18.5 Å². The van der Waals surface area contributed by atoms with Crippen molar-refractivity contribution in [3.05, 3.63) is 16.9 Å². The van der Waals surface area contributed by atoms with E-state index in [1.54, 1.807) is 6.20 Å². The van der Waals surface area contributed by atoms with Crippen molar-refractivity contribution in [2.24, 2.45) is 5.92 Å². The van der Waals surface area contributed by atoms with Crippen LogP contribution in [-0.4, -0.2) is 22.9 Å². The van der Waals surface area contributed by atoms with Gasteiger partial charge in [-0.3, -0.25) is 4.68 Å². The molecule has 1 saturated carbocycles. The summed E-state index contributed by atoms with van der Waals surface area (Å²) in [6.07, 6.45) is 4.21. The maximum absolute atomic E-state index is 6.32. The third-order valence-electron chi connectivity index (χ3n) is 4.06. The SMILES string of the molecule is CNC1CCC(c2c(Cl)cnn2C(C)C)C1C. The smallest absolute Gasteiger partial charge is 0.0820 e. The zero-order chi connectivity index (χ0) is 12.6. The van der Waals surface area contributed by atoms with Gasteiger partial charge in [0.25, 0.3) is 0 Å². The summed E-state index contributed by atoms with van der Waals surface area (Å²) in [7, 11) is 2.05. The molecule has 0 radical (unpaired) electrons. The maximum Gasteiger partial charge on any atom is 0.0820 e. The van der Waals surface area contributed by atoms with Crippen molar-refractivity contribution in [3.8, 4) is 0 Å². The lowest BCUT2D eigenvalue weighted by Gasteiger charge is -2.23. The fraction of sp³-hybridized carbons (Fsp3) is 0.769. The lowest BCUT2D eigenvalue weighted by molar-refractivity contribution is 0.400. The predicted octanol–water partition coefficient (Wildman–Crippen LogP) is 3.22. The number of nitrogens with one attached hydrogen (secondary N) is 1. The van der Waals surface area contributed by atoms with Crippen LogP contribution in [0.2, 0.25) is 5.02 Å². The van der Waals surface area contributed by atoms with E-state index in [2.05, 4.69) is 35.9 Å². The van der Waals surface area contributed by atoms with Crippen LogP contribution >= 0.6 is 11.6 Å². The third-order valence-corrected chi connectivity index (χ3v) is 4.35. The normalized spacial score (nSPS) is 29.2. The standard InChI is InChI=1S/C13H22ClN3/c1-8(2)17-13(11(14)7-16-17)10-5-6-12(15-4)9(10)3/h7-10,12,15H,5-6H2,1-4H3. The van der Waals surface area contributed by atoms with Crippen LogP contribution < -0.4 is 5.32 Å². The van der Waals surface area contributed by atoms with Gasteiger partial charge in [-0.15, -0.1) is 0 Å². The molecule has 1 aliphatic carbocycles. The first kappa shape index (κ1) is 12.9. The molecular weight excluding hydrogens is 234 g/mol. The van der Waals surface area contributed by atoms with Crippen molar-refractivity contribution in [3.63, 3.8) is 0 Å². The molecule has 1 aliphatic rings. The Balaban J connectivity index is 2.31. The zero-order valence-electron chi connectivity index (χ0n) is 11.1. The number of hydrogen-bond acceptors (Lipinski definition) is 2. The van der Waals surface area contributed by atoms with Gasteiger partial charge >= 0.3 is 0 Å². The first-order valence-electron chi connectivity index (χ1n) is 6.46. The monoisotopic (exact) mass is 255 g/mol. The lowest BCUT2D eigenvalue weighted by Crippen LogP contribution is -2.29. The molecule has 0 spiro atoms. The van der Waals surface area contributed by atoms with Gasteiger partial charge in [0.1, 0.15) is 0 Å². The Bertz CT molecular complexity index is 386. The minimum Gasteiger partial charge on any atom is -0.317 e. The summed E-state index contributed by atoms with van der Waals surface area (Å²) in [6.45, 7) is 6.62. The summed E-state index contributed by atoms with van der Waals surface area (Å²) in [5.41, 5.74) is 1.23. The summed E-state index contributed by atoms with van der Waals surface area (Å²) in [5, 5.41) is 8.64. The number of rotatable bonds is 3. The van der Waals surface area contributed by atoms with Crippen LogP contribution in [0.1, 0.15) is 51.3 Å². The van der Waals surface area contributed by atoms with Crippen LogP contribution in [0.25, 0.3) is 0 Å². The molecule has 3 atom stereocenters. The molecule has 0 aliphatic heterocycles. The van der Waals surface area contributed by atoms with Crippen molar-refractivity contribution in [1.82, 2.24) is 15.1 Å². The highest BCUT2D eigenvalue weighted by molar-refractivity contribution is 6.31. The average molecular weight is 256 g/mol. The second kappa shape index (κ2) is 4.99. The fourth-order valence-corrected chi connectivity index (χ4v) is 3.34. The van der Waals surface area contributed by atoms with E-state index < -0.39 is 0 Å². The van der Waals surface area contributed by atoms with Gasteiger partial charge in [0.05, 0.1) is 16.9 Å². The molecule has 3 unspecified atom stereocenters. The molecule has 1 fully saturated rings. The van der Waals surface area contributed by atoms with Gasteiger partial charge in [0, 0.05) is 18.0 Å². The quantitative estimate of drug-likeness (QED) is 0.899. The Morgan fingerprint density at radius 2 is 2.18 bits per heavy atom. The minimum atomic E-state index is 0.373. The van der Waals surface area contributed by atoms with Crippen LogP contribution in [0.5, 0.6) is 0 Å². The Hall–Kier alpha value is -0.540. The molecule has 0 saturated heterocycles. The topological polar surface area (TPSA) is 29.9 Å². The molecule has 17 heavy (non-hydrogen) atoms. The predicted molar refractivity (Wildman–Crippen MR) is 71.6 cm³/mol. The number of nitrogens with zero attached hydrogens (tertiary/aromatic N) is 2. The average Bonchev–Trinajstić information content (AvgIpc) is 2.82. The Morgan fingerprint density at radius 1 is 1.47 bits per heavy atom. The molecule has 96 valence electrons. The second-order valence-electron chi connectivity index (χ2n) is 5.35. The highest BCUT2D eigenvalue weighted by Gasteiger charge is 2.36. The van der Waals surface area contributed by atoms with E-state index in [-0.39, 0.29) is 0 Å². The fourth-order valence-electron chi connectivity index (χ4n) is 3.07. The van der Waals surface area contributed by atoms with Crippen molar-refractivity contribution >= 4 is 11.6 Å². The second-order valence-corrected chi connectivity index (χ2v) is 5.76. The summed E-state index contributed by atoms with van der Waals surface area (Å²) in [5.74, 6) is 1.15. The van der Waals surface area contributed by atoms with E-state index in [1.165, 1.54) is 18.5 Å².